The van der Waals surface area contributed by atoms with Gasteiger partial charge in [-0.1, -0.05) is 0 Å². The summed E-state index contributed by atoms with van der Waals surface area (Å²) in [7, 11) is 5.92. The summed E-state index contributed by atoms with van der Waals surface area (Å²) in [6, 6.07) is 4.81. The van der Waals surface area contributed by atoms with Crippen LogP contribution in [0.4, 0.5) is 5.69 Å². The number of anilines is 1. The predicted molar refractivity (Wildman–Crippen MR) is 78.7 cm³/mol. The van der Waals surface area contributed by atoms with Crippen LogP contribution in [0.15, 0.2) is 12.1 Å². The van der Waals surface area contributed by atoms with Gasteiger partial charge >= 0.3 is 0 Å². The molecule has 19 heavy (non-hydrogen) atoms. The van der Waals surface area contributed by atoms with Gasteiger partial charge in [0.05, 0.1) is 18.3 Å². The maximum atomic E-state index is 5.20. The van der Waals surface area contributed by atoms with Crippen LogP contribution in [0.1, 0.15) is 30.3 Å². The molecule has 1 aromatic heterocycles. The molecule has 1 aliphatic heterocycles. The number of aromatic nitrogens is 1. The second-order valence-electron chi connectivity index (χ2n) is 5.47. The van der Waals surface area contributed by atoms with E-state index in [9.17, 15) is 0 Å². The molecule has 1 atom stereocenters. The Kier molecular flexibility index (Phi) is 4.77. The Balaban J connectivity index is 2.20. The summed E-state index contributed by atoms with van der Waals surface area (Å²) >= 11 is 0. The lowest BCUT2D eigenvalue weighted by Gasteiger charge is -2.25. The Bertz CT molecular complexity index is 420. The molecule has 0 amide bonds. The molecule has 4 heteroatoms. The van der Waals surface area contributed by atoms with Gasteiger partial charge < -0.3 is 9.64 Å². The van der Waals surface area contributed by atoms with E-state index in [2.05, 4.69) is 43.0 Å². The van der Waals surface area contributed by atoms with Gasteiger partial charge in [-0.2, -0.15) is 0 Å². The van der Waals surface area contributed by atoms with Crippen molar-refractivity contribution in [2.75, 3.05) is 45.8 Å². The molecule has 0 spiro atoms. The molecule has 4 nitrogen and oxygen atoms in total. The van der Waals surface area contributed by atoms with Crippen molar-refractivity contribution in [3.05, 3.63) is 23.5 Å². The number of pyridine rings is 1. The van der Waals surface area contributed by atoms with Gasteiger partial charge in [0, 0.05) is 39.1 Å². The molecule has 0 unspecified atom stereocenters. The van der Waals surface area contributed by atoms with Gasteiger partial charge in [-0.05, 0) is 38.4 Å². The van der Waals surface area contributed by atoms with E-state index in [0.29, 0.717) is 6.04 Å². The maximum absolute atomic E-state index is 5.20. The fraction of sp³-hybridized carbons (Fsp3) is 0.667. The van der Waals surface area contributed by atoms with Crippen molar-refractivity contribution < 1.29 is 4.74 Å². The average Bonchev–Trinajstić information content (AvgIpc) is 2.83. The molecule has 1 aliphatic rings. The number of aryl methyl sites for hydroxylation is 1. The molecular formula is C15H25N3O. The third kappa shape index (κ3) is 3.45. The van der Waals surface area contributed by atoms with Crippen LogP contribution in [-0.4, -0.2) is 50.8 Å². The highest BCUT2D eigenvalue weighted by Crippen LogP contribution is 2.32. The molecule has 0 N–H and O–H groups in total. The molecule has 0 aliphatic carbocycles. The van der Waals surface area contributed by atoms with Gasteiger partial charge in [-0.3, -0.25) is 9.88 Å². The van der Waals surface area contributed by atoms with Gasteiger partial charge in [-0.15, -0.1) is 0 Å². The average molecular weight is 263 g/mol. The summed E-state index contributed by atoms with van der Waals surface area (Å²) in [6.07, 6.45) is 2.45. The van der Waals surface area contributed by atoms with Crippen molar-refractivity contribution in [2.45, 2.75) is 25.8 Å². The molecule has 0 saturated carbocycles. The smallest absolute Gasteiger partial charge is 0.0599 e. The first-order valence-corrected chi connectivity index (χ1v) is 7.00. The summed E-state index contributed by atoms with van der Waals surface area (Å²) in [4.78, 5) is 9.38. The summed E-state index contributed by atoms with van der Waals surface area (Å²) in [5, 5.41) is 0. The zero-order valence-corrected chi connectivity index (χ0v) is 12.5. The first kappa shape index (κ1) is 14.3. The summed E-state index contributed by atoms with van der Waals surface area (Å²) in [5.41, 5.74) is 3.54. The van der Waals surface area contributed by atoms with Crippen molar-refractivity contribution in [3.8, 4) is 0 Å². The van der Waals surface area contributed by atoms with Gasteiger partial charge in [0.2, 0.25) is 0 Å². The van der Waals surface area contributed by atoms with Crippen LogP contribution < -0.4 is 4.90 Å². The van der Waals surface area contributed by atoms with Crippen LogP contribution in [0.25, 0.3) is 0 Å². The monoisotopic (exact) mass is 263 g/mol. The highest BCUT2D eigenvalue weighted by Gasteiger charge is 2.27. The Morgan fingerprint density at radius 1 is 1.42 bits per heavy atom. The number of methoxy groups -OCH3 is 1. The highest BCUT2D eigenvalue weighted by atomic mass is 16.5. The Morgan fingerprint density at radius 2 is 2.21 bits per heavy atom. The van der Waals surface area contributed by atoms with E-state index in [1.54, 1.807) is 7.11 Å². The number of likely N-dealkylation sites (tertiary alicyclic amines) is 1. The third-order valence-corrected chi connectivity index (χ3v) is 3.76. The summed E-state index contributed by atoms with van der Waals surface area (Å²) in [5.74, 6) is 0. The van der Waals surface area contributed by atoms with E-state index in [4.69, 9.17) is 9.72 Å². The quantitative estimate of drug-likeness (QED) is 0.814. The Labute approximate surface area is 116 Å². The molecule has 1 saturated heterocycles. The number of rotatable bonds is 5. The van der Waals surface area contributed by atoms with Crippen LogP contribution in [0, 0.1) is 6.92 Å². The second kappa shape index (κ2) is 6.35. The van der Waals surface area contributed by atoms with Gasteiger partial charge in [0.25, 0.3) is 0 Å². The minimum atomic E-state index is 0.453. The van der Waals surface area contributed by atoms with Crippen LogP contribution in [0.2, 0.25) is 0 Å². The van der Waals surface area contributed by atoms with Crippen LogP contribution in [-0.2, 0) is 4.74 Å². The van der Waals surface area contributed by atoms with Gasteiger partial charge in [0.15, 0.2) is 0 Å². The van der Waals surface area contributed by atoms with Crippen molar-refractivity contribution in [3.63, 3.8) is 0 Å². The lowest BCUT2D eigenvalue weighted by molar-refractivity contribution is 0.140. The minimum absolute atomic E-state index is 0.453. The topological polar surface area (TPSA) is 28.6 Å². The standard InChI is InChI=1S/C15H25N3O/c1-12-10-13(17(2)3)11-14(16-12)15-6-5-7-18(15)8-9-19-4/h10-11,15H,5-9H2,1-4H3/t15-/m0/s1. The largest absolute Gasteiger partial charge is 0.383 e. The van der Waals surface area contributed by atoms with E-state index in [1.807, 2.05) is 0 Å². The second-order valence-corrected chi connectivity index (χ2v) is 5.47. The summed E-state index contributed by atoms with van der Waals surface area (Å²) in [6.45, 7) is 5.02. The normalized spacial score (nSPS) is 19.9. The minimum Gasteiger partial charge on any atom is -0.383 e. The molecular weight excluding hydrogens is 238 g/mol. The molecule has 1 aromatic rings. The molecule has 1 fully saturated rings. The van der Waals surface area contributed by atoms with E-state index >= 15 is 0 Å². The zero-order chi connectivity index (χ0) is 13.8. The first-order chi connectivity index (χ1) is 9.11. The molecule has 0 bridgehead atoms. The fourth-order valence-electron chi connectivity index (χ4n) is 2.74. The molecule has 2 heterocycles. The number of hydrogen-bond donors (Lipinski definition) is 0. The van der Waals surface area contributed by atoms with Crippen LogP contribution >= 0.6 is 0 Å². The lowest BCUT2D eigenvalue weighted by atomic mass is 10.1. The fourth-order valence-corrected chi connectivity index (χ4v) is 2.74. The maximum Gasteiger partial charge on any atom is 0.0599 e. The third-order valence-electron chi connectivity index (χ3n) is 3.76. The predicted octanol–water partition coefficient (Wildman–Crippen LogP) is 2.24. The van der Waals surface area contributed by atoms with E-state index in [-0.39, 0.29) is 0 Å². The zero-order valence-electron chi connectivity index (χ0n) is 12.5. The van der Waals surface area contributed by atoms with Gasteiger partial charge in [-0.25, -0.2) is 0 Å². The van der Waals surface area contributed by atoms with Crippen LogP contribution in [0.3, 0.4) is 0 Å². The SMILES string of the molecule is COCCN1CCC[C@H]1c1cc(N(C)C)cc(C)n1. The van der Waals surface area contributed by atoms with Crippen molar-refractivity contribution in [1.29, 1.82) is 0 Å². The van der Waals surface area contributed by atoms with E-state index < -0.39 is 0 Å². The van der Waals surface area contributed by atoms with Crippen molar-refractivity contribution >= 4 is 5.69 Å². The van der Waals surface area contributed by atoms with Crippen LogP contribution in [0.5, 0.6) is 0 Å². The number of ether oxygens (including phenoxy) is 1. The van der Waals surface area contributed by atoms with E-state index in [1.165, 1.54) is 24.2 Å². The van der Waals surface area contributed by atoms with Gasteiger partial charge in [0.1, 0.15) is 0 Å². The molecule has 0 radical (unpaired) electrons. The van der Waals surface area contributed by atoms with E-state index in [0.717, 1.165) is 25.4 Å². The van der Waals surface area contributed by atoms with Crippen molar-refractivity contribution in [1.82, 2.24) is 9.88 Å². The molecule has 106 valence electrons. The Hall–Kier alpha value is -1.13. The first-order valence-electron chi connectivity index (χ1n) is 7.00. The molecule has 2 rings (SSSR count). The highest BCUT2D eigenvalue weighted by molar-refractivity contribution is 5.47. The Morgan fingerprint density at radius 3 is 2.89 bits per heavy atom. The lowest BCUT2D eigenvalue weighted by Crippen LogP contribution is -2.27. The number of nitrogens with zero attached hydrogens (tertiary/aromatic N) is 3. The number of hydrogen-bond acceptors (Lipinski definition) is 4. The molecule has 0 aromatic carbocycles. The summed E-state index contributed by atoms with van der Waals surface area (Å²) < 4.78 is 5.20. The van der Waals surface area contributed by atoms with Crippen molar-refractivity contribution in [2.24, 2.45) is 0 Å².